The highest BCUT2D eigenvalue weighted by Crippen LogP contribution is 2.30. The van der Waals surface area contributed by atoms with Gasteiger partial charge in [0, 0.05) is 18.1 Å². The van der Waals surface area contributed by atoms with Crippen molar-refractivity contribution in [2.24, 2.45) is 0 Å². The summed E-state index contributed by atoms with van der Waals surface area (Å²) in [7, 11) is 0. The van der Waals surface area contributed by atoms with Crippen LogP contribution >= 0.6 is 15.9 Å². The molecule has 0 saturated carbocycles. The van der Waals surface area contributed by atoms with Crippen LogP contribution in [-0.4, -0.2) is 18.9 Å². The lowest BCUT2D eigenvalue weighted by Crippen LogP contribution is -2.02. The summed E-state index contributed by atoms with van der Waals surface area (Å²) in [4.78, 5) is 9.11. The number of aromatic nitrogens is 4. The molecule has 0 aliphatic rings. The van der Waals surface area contributed by atoms with Gasteiger partial charge in [0.15, 0.2) is 5.65 Å². The number of fused-ring (bicyclic) bond motifs is 5. The maximum absolute atomic E-state index is 4.81. The van der Waals surface area contributed by atoms with Crippen molar-refractivity contribution in [3.05, 3.63) is 77.2 Å². The zero-order valence-corrected chi connectivity index (χ0v) is 14.3. The van der Waals surface area contributed by atoms with Crippen LogP contribution in [0.4, 0.5) is 0 Å². The SMILES string of the molecule is Brc1cn2c(cn1)nc1c3ccccc3n(Cc3ccccc3)c12. The molecule has 2 aromatic carbocycles. The van der Waals surface area contributed by atoms with Crippen molar-refractivity contribution in [1.82, 2.24) is 18.9 Å². The number of rotatable bonds is 2. The van der Waals surface area contributed by atoms with E-state index in [9.17, 15) is 0 Å². The Kier molecular flexibility index (Phi) is 2.97. The minimum absolute atomic E-state index is 0.797. The van der Waals surface area contributed by atoms with E-state index in [2.05, 4.69) is 78.4 Å². The van der Waals surface area contributed by atoms with Crippen molar-refractivity contribution in [2.45, 2.75) is 6.54 Å². The first kappa shape index (κ1) is 13.7. The van der Waals surface area contributed by atoms with Crippen LogP contribution in [-0.2, 0) is 6.54 Å². The molecular weight excluding hydrogens is 364 g/mol. The van der Waals surface area contributed by atoms with E-state index in [0.717, 1.165) is 28.0 Å². The summed E-state index contributed by atoms with van der Waals surface area (Å²) in [5.41, 5.74) is 5.43. The summed E-state index contributed by atoms with van der Waals surface area (Å²) in [5, 5.41) is 1.17. The van der Waals surface area contributed by atoms with Crippen molar-refractivity contribution in [3.63, 3.8) is 0 Å². The van der Waals surface area contributed by atoms with Crippen molar-refractivity contribution in [2.75, 3.05) is 0 Å². The number of benzene rings is 2. The average Bonchev–Trinajstić information content (AvgIpc) is 3.12. The number of hydrogen-bond donors (Lipinski definition) is 0. The Hall–Kier alpha value is -2.66. The molecule has 4 nitrogen and oxygen atoms in total. The molecule has 0 spiro atoms. The van der Waals surface area contributed by atoms with Crippen LogP contribution in [0.25, 0.3) is 27.7 Å². The van der Waals surface area contributed by atoms with Gasteiger partial charge < -0.3 is 4.57 Å². The molecule has 3 heterocycles. The Labute approximate surface area is 146 Å². The summed E-state index contributed by atoms with van der Waals surface area (Å²) >= 11 is 3.47. The third-order valence-electron chi connectivity index (χ3n) is 4.34. The second-order valence-corrected chi connectivity index (χ2v) is 6.62. The van der Waals surface area contributed by atoms with Gasteiger partial charge in [-0.2, -0.15) is 0 Å². The van der Waals surface area contributed by atoms with E-state index >= 15 is 0 Å². The molecule has 0 N–H and O–H groups in total. The van der Waals surface area contributed by atoms with Crippen molar-refractivity contribution in [1.29, 1.82) is 0 Å². The average molecular weight is 377 g/mol. The summed E-state index contributed by atoms with van der Waals surface area (Å²) in [5.74, 6) is 0. The van der Waals surface area contributed by atoms with Gasteiger partial charge >= 0.3 is 0 Å². The third-order valence-corrected chi connectivity index (χ3v) is 4.75. The second kappa shape index (κ2) is 5.18. The lowest BCUT2D eigenvalue weighted by Gasteiger charge is -2.08. The van der Waals surface area contributed by atoms with E-state index in [-0.39, 0.29) is 0 Å². The minimum atomic E-state index is 0.797. The van der Waals surface area contributed by atoms with Crippen LogP contribution < -0.4 is 0 Å². The zero-order chi connectivity index (χ0) is 16.1. The molecule has 0 amide bonds. The largest absolute Gasteiger partial charge is 0.321 e. The van der Waals surface area contributed by atoms with Gasteiger partial charge in [-0.3, -0.25) is 4.40 Å². The molecule has 0 aliphatic heterocycles. The summed E-state index contributed by atoms with van der Waals surface area (Å²) in [6, 6.07) is 18.9. The van der Waals surface area contributed by atoms with Gasteiger partial charge in [-0.1, -0.05) is 48.5 Å². The number of halogens is 1. The van der Waals surface area contributed by atoms with Gasteiger partial charge in [0.05, 0.1) is 11.7 Å². The smallest absolute Gasteiger partial charge is 0.157 e. The molecule has 24 heavy (non-hydrogen) atoms. The molecule has 5 rings (SSSR count). The second-order valence-electron chi connectivity index (χ2n) is 5.81. The van der Waals surface area contributed by atoms with E-state index in [1.165, 1.54) is 16.5 Å². The number of para-hydroxylation sites is 1. The van der Waals surface area contributed by atoms with Gasteiger partial charge in [0.25, 0.3) is 0 Å². The first-order chi connectivity index (χ1) is 11.8. The number of nitrogens with zero attached hydrogens (tertiary/aromatic N) is 4. The van der Waals surface area contributed by atoms with Crippen LogP contribution in [0, 0.1) is 0 Å². The molecule has 3 aromatic heterocycles. The maximum atomic E-state index is 4.81. The number of imidazole rings is 1. The molecule has 0 saturated heterocycles. The van der Waals surface area contributed by atoms with Crippen LogP contribution in [0.1, 0.15) is 5.56 Å². The van der Waals surface area contributed by atoms with E-state index in [4.69, 9.17) is 4.98 Å². The predicted octanol–water partition coefficient (Wildman–Crippen LogP) is 4.65. The molecule has 116 valence electrons. The van der Waals surface area contributed by atoms with Crippen molar-refractivity contribution < 1.29 is 0 Å². The molecule has 0 radical (unpaired) electrons. The summed E-state index contributed by atoms with van der Waals surface area (Å²) in [6.07, 6.45) is 3.77. The highest BCUT2D eigenvalue weighted by molar-refractivity contribution is 9.10. The van der Waals surface area contributed by atoms with Crippen molar-refractivity contribution >= 4 is 43.6 Å². The third kappa shape index (κ3) is 1.98. The Morgan fingerprint density at radius 1 is 0.958 bits per heavy atom. The van der Waals surface area contributed by atoms with Gasteiger partial charge in [-0.25, -0.2) is 9.97 Å². The molecular formula is C19H13BrN4. The summed E-state index contributed by atoms with van der Waals surface area (Å²) < 4.78 is 5.23. The van der Waals surface area contributed by atoms with E-state index in [1.54, 1.807) is 6.20 Å². The molecule has 0 aliphatic carbocycles. The first-order valence-electron chi connectivity index (χ1n) is 7.76. The monoisotopic (exact) mass is 376 g/mol. The molecule has 0 bridgehead atoms. The summed E-state index contributed by atoms with van der Waals surface area (Å²) in [6.45, 7) is 0.804. The van der Waals surface area contributed by atoms with Gasteiger partial charge in [0.1, 0.15) is 15.8 Å². The Morgan fingerprint density at radius 3 is 2.62 bits per heavy atom. The molecule has 0 atom stereocenters. The standard InChI is InChI=1S/C19H13BrN4/c20-16-12-24-17(10-21-16)22-18-14-8-4-5-9-15(14)23(19(18)24)11-13-6-2-1-3-7-13/h1-10,12H,11H2. The lowest BCUT2D eigenvalue weighted by molar-refractivity contribution is 0.848. The Balaban J connectivity index is 1.90. The maximum Gasteiger partial charge on any atom is 0.157 e. The van der Waals surface area contributed by atoms with E-state index < -0.39 is 0 Å². The minimum Gasteiger partial charge on any atom is -0.321 e. The fraction of sp³-hybridized carbons (Fsp3) is 0.0526. The normalized spacial score (nSPS) is 11.7. The molecule has 5 aromatic rings. The molecule has 0 unspecified atom stereocenters. The molecule has 0 fully saturated rings. The predicted molar refractivity (Wildman–Crippen MR) is 99.2 cm³/mol. The Bertz CT molecular complexity index is 1190. The van der Waals surface area contributed by atoms with Gasteiger partial charge in [-0.05, 0) is 27.6 Å². The van der Waals surface area contributed by atoms with Gasteiger partial charge in [-0.15, -0.1) is 0 Å². The fourth-order valence-corrected chi connectivity index (χ4v) is 3.61. The lowest BCUT2D eigenvalue weighted by atomic mass is 10.2. The molecule has 5 heteroatoms. The van der Waals surface area contributed by atoms with Crippen LogP contribution in [0.15, 0.2) is 71.6 Å². The van der Waals surface area contributed by atoms with Crippen LogP contribution in [0.5, 0.6) is 0 Å². The highest BCUT2D eigenvalue weighted by Gasteiger charge is 2.16. The fourth-order valence-electron chi connectivity index (χ4n) is 3.31. The van der Waals surface area contributed by atoms with E-state index in [0.29, 0.717) is 0 Å². The highest BCUT2D eigenvalue weighted by atomic mass is 79.9. The van der Waals surface area contributed by atoms with Crippen LogP contribution in [0.3, 0.4) is 0 Å². The quantitative estimate of drug-likeness (QED) is 0.449. The van der Waals surface area contributed by atoms with Crippen molar-refractivity contribution in [3.8, 4) is 0 Å². The Morgan fingerprint density at radius 2 is 1.75 bits per heavy atom. The van der Waals surface area contributed by atoms with Crippen LogP contribution in [0.2, 0.25) is 0 Å². The number of hydrogen-bond acceptors (Lipinski definition) is 2. The topological polar surface area (TPSA) is 35.1 Å². The zero-order valence-electron chi connectivity index (χ0n) is 12.7. The van der Waals surface area contributed by atoms with Gasteiger partial charge in [0.2, 0.25) is 0 Å². The first-order valence-corrected chi connectivity index (χ1v) is 8.55. The van der Waals surface area contributed by atoms with E-state index in [1.807, 2.05) is 12.3 Å².